The van der Waals surface area contributed by atoms with Crippen LogP contribution >= 0.6 is 0 Å². The summed E-state index contributed by atoms with van der Waals surface area (Å²) >= 11 is 0. The molecule has 0 bridgehead atoms. The molecule has 5 nitrogen and oxygen atoms in total. The quantitative estimate of drug-likeness (QED) is 0.595. The molecule has 0 spiro atoms. The van der Waals surface area contributed by atoms with Crippen LogP contribution in [0.1, 0.15) is 17.0 Å². The van der Waals surface area contributed by atoms with Gasteiger partial charge < -0.3 is 10.1 Å². The van der Waals surface area contributed by atoms with Crippen molar-refractivity contribution in [1.29, 1.82) is 5.26 Å². The Hall–Kier alpha value is -3.39. The first-order valence-corrected chi connectivity index (χ1v) is 7.20. The van der Waals surface area contributed by atoms with E-state index in [2.05, 4.69) is 21.0 Å². The van der Waals surface area contributed by atoms with Crippen LogP contribution in [0.5, 0.6) is 5.88 Å². The van der Waals surface area contributed by atoms with Crippen LogP contribution in [0.15, 0.2) is 48.5 Å². The van der Waals surface area contributed by atoms with Crippen molar-refractivity contribution < 1.29 is 5.11 Å². The Kier molecular flexibility index (Phi) is 2.95. The smallest absolute Gasteiger partial charge is 0.224 e. The molecule has 0 aliphatic rings. The van der Waals surface area contributed by atoms with Gasteiger partial charge in [-0.25, -0.2) is 4.98 Å². The average Bonchev–Trinajstić information content (AvgIpc) is 2.93. The zero-order chi connectivity index (χ0) is 15.8. The van der Waals surface area contributed by atoms with Crippen LogP contribution in [0.25, 0.3) is 21.9 Å². The lowest BCUT2D eigenvalue weighted by molar-refractivity contribution is 0.457. The molecule has 4 rings (SSSR count). The van der Waals surface area contributed by atoms with Gasteiger partial charge in [-0.2, -0.15) is 10.2 Å². The Morgan fingerprint density at radius 1 is 1.09 bits per heavy atom. The number of nitrogens with one attached hydrogen (secondary N) is 1. The van der Waals surface area contributed by atoms with Gasteiger partial charge in [0.2, 0.25) is 5.88 Å². The predicted octanol–water partition coefficient (Wildman–Crippen LogP) is 3.28. The summed E-state index contributed by atoms with van der Waals surface area (Å²) in [6, 6.07) is 17.2. The molecule has 0 aliphatic carbocycles. The van der Waals surface area contributed by atoms with Gasteiger partial charge in [0.05, 0.1) is 17.0 Å². The van der Waals surface area contributed by atoms with E-state index in [1.54, 1.807) is 18.2 Å². The molecule has 0 unspecified atom stereocenters. The van der Waals surface area contributed by atoms with Crippen molar-refractivity contribution in [2.24, 2.45) is 0 Å². The van der Waals surface area contributed by atoms with Crippen LogP contribution in [0.2, 0.25) is 0 Å². The largest absolute Gasteiger partial charge is 0.493 e. The SMILES string of the molecule is N#Cc1ccc2c(c1)[nH]c1nc(Cc3ccccc3)nc(O)c12. The molecule has 23 heavy (non-hydrogen) atoms. The van der Waals surface area contributed by atoms with Gasteiger partial charge in [0.1, 0.15) is 11.5 Å². The minimum absolute atomic E-state index is 0.0445. The number of fused-ring (bicyclic) bond motifs is 3. The number of hydrogen-bond donors (Lipinski definition) is 2. The molecule has 0 aliphatic heterocycles. The van der Waals surface area contributed by atoms with E-state index in [0.29, 0.717) is 28.8 Å². The first-order chi connectivity index (χ1) is 11.2. The molecule has 0 atom stereocenters. The molecule has 0 saturated carbocycles. The molecule has 2 N–H and O–H groups in total. The van der Waals surface area contributed by atoms with Crippen molar-refractivity contribution >= 4 is 21.9 Å². The third kappa shape index (κ3) is 2.27. The minimum Gasteiger partial charge on any atom is -0.493 e. The highest BCUT2D eigenvalue weighted by Gasteiger charge is 2.13. The highest BCUT2D eigenvalue weighted by molar-refractivity contribution is 6.08. The van der Waals surface area contributed by atoms with E-state index in [-0.39, 0.29) is 5.88 Å². The Labute approximate surface area is 131 Å². The Balaban J connectivity index is 1.87. The summed E-state index contributed by atoms with van der Waals surface area (Å²) in [7, 11) is 0. The number of benzene rings is 2. The fourth-order valence-corrected chi connectivity index (χ4v) is 2.75. The first kappa shape index (κ1) is 13.3. The predicted molar refractivity (Wildman–Crippen MR) is 87.0 cm³/mol. The average molecular weight is 300 g/mol. The van der Waals surface area contributed by atoms with Crippen molar-refractivity contribution in [3.05, 3.63) is 65.5 Å². The molecule has 0 saturated heterocycles. The molecular weight excluding hydrogens is 288 g/mol. The number of H-pyrrole nitrogens is 1. The summed E-state index contributed by atoms with van der Waals surface area (Å²) in [5, 5.41) is 20.7. The van der Waals surface area contributed by atoms with E-state index in [0.717, 1.165) is 16.5 Å². The maximum absolute atomic E-state index is 10.3. The van der Waals surface area contributed by atoms with Gasteiger partial charge in [-0.3, -0.25) is 0 Å². The molecule has 110 valence electrons. The maximum atomic E-state index is 10.3. The summed E-state index contributed by atoms with van der Waals surface area (Å²) in [6.07, 6.45) is 0.545. The van der Waals surface area contributed by atoms with Crippen molar-refractivity contribution in [2.45, 2.75) is 6.42 Å². The molecule has 0 radical (unpaired) electrons. The van der Waals surface area contributed by atoms with E-state index >= 15 is 0 Å². The lowest BCUT2D eigenvalue weighted by atomic mass is 10.1. The standard InChI is InChI=1S/C18H12N4O/c19-10-12-6-7-13-14(8-12)20-17-16(13)18(23)22-15(21-17)9-11-4-2-1-3-5-11/h1-8H,9H2,(H2,20,21,22,23). The fraction of sp³-hybridized carbons (Fsp3) is 0.0556. The van der Waals surface area contributed by atoms with Crippen molar-refractivity contribution in [3.63, 3.8) is 0 Å². The van der Waals surface area contributed by atoms with Gasteiger partial charge >= 0.3 is 0 Å². The van der Waals surface area contributed by atoms with Crippen LogP contribution < -0.4 is 0 Å². The number of hydrogen-bond acceptors (Lipinski definition) is 4. The fourth-order valence-electron chi connectivity index (χ4n) is 2.75. The number of aromatic nitrogens is 3. The van der Waals surface area contributed by atoms with Crippen LogP contribution in [0.4, 0.5) is 0 Å². The number of aromatic hydroxyl groups is 1. The maximum Gasteiger partial charge on any atom is 0.224 e. The molecule has 2 heterocycles. The van der Waals surface area contributed by atoms with Crippen molar-refractivity contribution in [1.82, 2.24) is 15.0 Å². The second-order valence-electron chi connectivity index (χ2n) is 5.35. The van der Waals surface area contributed by atoms with E-state index in [9.17, 15) is 5.11 Å². The summed E-state index contributed by atoms with van der Waals surface area (Å²) in [4.78, 5) is 11.9. The number of nitriles is 1. The topological polar surface area (TPSA) is 85.6 Å². The molecule has 5 heteroatoms. The van der Waals surface area contributed by atoms with E-state index in [4.69, 9.17) is 5.26 Å². The zero-order valence-electron chi connectivity index (χ0n) is 12.1. The van der Waals surface area contributed by atoms with Crippen LogP contribution in [0, 0.1) is 11.3 Å². The van der Waals surface area contributed by atoms with E-state index in [1.807, 2.05) is 30.3 Å². The molecular formula is C18H12N4O. The summed E-state index contributed by atoms with van der Waals surface area (Å²) in [5.74, 6) is 0.505. The Morgan fingerprint density at radius 3 is 2.70 bits per heavy atom. The molecule has 2 aromatic heterocycles. The highest BCUT2D eigenvalue weighted by Crippen LogP contribution is 2.30. The monoisotopic (exact) mass is 300 g/mol. The third-order valence-corrected chi connectivity index (χ3v) is 3.81. The number of aromatic amines is 1. The first-order valence-electron chi connectivity index (χ1n) is 7.20. The van der Waals surface area contributed by atoms with E-state index < -0.39 is 0 Å². The van der Waals surface area contributed by atoms with Gasteiger partial charge in [-0.05, 0) is 17.7 Å². The molecule has 0 amide bonds. The van der Waals surface area contributed by atoms with Crippen LogP contribution in [0.3, 0.4) is 0 Å². The second kappa shape index (κ2) is 5.11. The van der Waals surface area contributed by atoms with Crippen molar-refractivity contribution in [2.75, 3.05) is 0 Å². The van der Waals surface area contributed by atoms with Crippen molar-refractivity contribution in [3.8, 4) is 11.9 Å². The second-order valence-corrected chi connectivity index (χ2v) is 5.35. The Bertz CT molecular complexity index is 1060. The van der Waals surface area contributed by atoms with Gasteiger partial charge in [0, 0.05) is 17.3 Å². The lowest BCUT2D eigenvalue weighted by Crippen LogP contribution is -1.97. The summed E-state index contributed by atoms with van der Waals surface area (Å²) in [6.45, 7) is 0. The van der Waals surface area contributed by atoms with Gasteiger partial charge in [-0.1, -0.05) is 36.4 Å². The summed E-state index contributed by atoms with van der Waals surface area (Å²) < 4.78 is 0. The summed E-state index contributed by atoms with van der Waals surface area (Å²) in [5.41, 5.74) is 2.98. The third-order valence-electron chi connectivity index (χ3n) is 3.81. The van der Waals surface area contributed by atoms with Gasteiger partial charge in [0.25, 0.3) is 0 Å². The lowest BCUT2D eigenvalue weighted by Gasteiger charge is -2.02. The minimum atomic E-state index is -0.0445. The Morgan fingerprint density at radius 2 is 1.91 bits per heavy atom. The van der Waals surface area contributed by atoms with Crippen LogP contribution in [-0.4, -0.2) is 20.1 Å². The normalized spacial score (nSPS) is 10.9. The van der Waals surface area contributed by atoms with Gasteiger partial charge in [-0.15, -0.1) is 0 Å². The zero-order valence-corrected chi connectivity index (χ0v) is 12.1. The highest BCUT2D eigenvalue weighted by atomic mass is 16.3. The number of rotatable bonds is 2. The molecule has 0 fully saturated rings. The molecule has 4 aromatic rings. The number of nitrogens with zero attached hydrogens (tertiary/aromatic N) is 3. The van der Waals surface area contributed by atoms with Gasteiger partial charge in [0.15, 0.2) is 0 Å². The molecule has 2 aromatic carbocycles. The van der Waals surface area contributed by atoms with Crippen LogP contribution in [-0.2, 0) is 6.42 Å². The van der Waals surface area contributed by atoms with E-state index in [1.165, 1.54) is 0 Å².